The highest BCUT2D eigenvalue weighted by molar-refractivity contribution is 7.99. The minimum Gasteiger partial charge on any atom is -0.466 e. The van der Waals surface area contributed by atoms with E-state index in [9.17, 15) is 9.59 Å². The van der Waals surface area contributed by atoms with Crippen molar-refractivity contribution in [2.24, 2.45) is 0 Å². The number of carbonyl (C=O) groups excluding carboxylic acids is 2. The van der Waals surface area contributed by atoms with Crippen LogP contribution in [-0.4, -0.2) is 30.8 Å². The van der Waals surface area contributed by atoms with Gasteiger partial charge in [-0.1, -0.05) is 23.7 Å². The highest BCUT2D eigenvalue weighted by Gasteiger charge is 2.04. The van der Waals surface area contributed by atoms with Gasteiger partial charge < -0.3 is 10.1 Å². The number of benzene rings is 1. The Morgan fingerprint density at radius 2 is 2.19 bits per heavy atom. The number of carbonyl (C=O) groups is 2. The van der Waals surface area contributed by atoms with Gasteiger partial charge in [0, 0.05) is 23.7 Å². The third-order valence-electron chi connectivity index (χ3n) is 2.58. The fourth-order valence-electron chi connectivity index (χ4n) is 1.63. The summed E-state index contributed by atoms with van der Waals surface area (Å²) < 4.78 is 4.81. The highest BCUT2D eigenvalue weighted by Crippen LogP contribution is 2.16. The number of amides is 1. The number of thioether (sulfide) groups is 1. The molecule has 0 unspecified atom stereocenters. The van der Waals surface area contributed by atoms with E-state index in [0.717, 1.165) is 11.3 Å². The van der Waals surface area contributed by atoms with Crippen LogP contribution in [0.5, 0.6) is 0 Å². The summed E-state index contributed by atoms with van der Waals surface area (Å²) >= 11 is 7.43. The van der Waals surface area contributed by atoms with Crippen LogP contribution in [0.2, 0.25) is 5.02 Å². The summed E-state index contributed by atoms with van der Waals surface area (Å²) in [5.41, 5.74) is 1.10. The topological polar surface area (TPSA) is 55.4 Å². The van der Waals surface area contributed by atoms with Crippen LogP contribution in [0.4, 0.5) is 0 Å². The average Bonchev–Trinajstić information content (AvgIpc) is 2.44. The Morgan fingerprint density at radius 3 is 2.90 bits per heavy atom. The van der Waals surface area contributed by atoms with Crippen LogP contribution >= 0.6 is 23.4 Å². The van der Waals surface area contributed by atoms with Crippen LogP contribution in [0.1, 0.15) is 25.3 Å². The zero-order valence-corrected chi connectivity index (χ0v) is 13.6. The Morgan fingerprint density at radius 1 is 1.38 bits per heavy atom. The second-order valence-electron chi connectivity index (χ2n) is 4.38. The number of halogens is 1. The van der Waals surface area contributed by atoms with Gasteiger partial charge in [0.25, 0.3) is 0 Å². The monoisotopic (exact) mass is 329 g/mol. The number of hydrogen-bond acceptors (Lipinski definition) is 4. The quantitative estimate of drug-likeness (QED) is 0.559. The first-order valence-electron chi connectivity index (χ1n) is 6.86. The molecule has 0 atom stereocenters. The summed E-state index contributed by atoms with van der Waals surface area (Å²) in [6.45, 7) is 2.66. The molecule has 116 valence electrons. The Balaban J connectivity index is 2.07. The summed E-state index contributed by atoms with van der Waals surface area (Å²) in [7, 11) is 0. The lowest BCUT2D eigenvalue weighted by Gasteiger charge is -2.05. The van der Waals surface area contributed by atoms with Gasteiger partial charge in [-0.2, -0.15) is 0 Å². The standard InChI is InChI=1S/C15H20ClNO3S/c1-2-20-15(19)7-4-8-17-14(18)11-21-10-12-5-3-6-13(16)9-12/h3,5-6,9H,2,4,7-8,10-11H2,1H3,(H,17,18). The first-order chi connectivity index (χ1) is 10.1. The minimum absolute atomic E-state index is 0.0223. The van der Waals surface area contributed by atoms with Crippen LogP contribution in [0.25, 0.3) is 0 Å². The molecule has 0 aliphatic carbocycles. The number of rotatable bonds is 9. The number of esters is 1. The van der Waals surface area contributed by atoms with E-state index in [4.69, 9.17) is 16.3 Å². The van der Waals surface area contributed by atoms with Gasteiger partial charge in [-0.3, -0.25) is 9.59 Å². The van der Waals surface area contributed by atoms with Gasteiger partial charge in [0.2, 0.25) is 5.91 Å². The fourth-order valence-corrected chi connectivity index (χ4v) is 2.65. The van der Waals surface area contributed by atoms with E-state index < -0.39 is 0 Å². The van der Waals surface area contributed by atoms with Crippen LogP contribution in [0.3, 0.4) is 0 Å². The lowest BCUT2D eigenvalue weighted by atomic mass is 10.2. The van der Waals surface area contributed by atoms with Crippen LogP contribution in [0, 0.1) is 0 Å². The van der Waals surface area contributed by atoms with Gasteiger partial charge in [-0.25, -0.2) is 0 Å². The molecule has 0 spiro atoms. The SMILES string of the molecule is CCOC(=O)CCCNC(=O)CSCc1cccc(Cl)c1. The fraction of sp³-hybridized carbons (Fsp3) is 0.467. The summed E-state index contributed by atoms with van der Waals surface area (Å²) in [5, 5.41) is 3.49. The molecular weight excluding hydrogens is 310 g/mol. The molecule has 0 heterocycles. The van der Waals surface area contributed by atoms with Crippen molar-refractivity contribution < 1.29 is 14.3 Å². The zero-order valence-electron chi connectivity index (χ0n) is 12.1. The van der Waals surface area contributed by atoms with Gasteiger partial charge in [0.1, 0.15) is 0 Å². The van der Waals surface area contributed by atoms with E-state index in [2.05, 4.69) is 5.32 Å². The summed E-state index contributed by atoms with van der Waals surface area (Å²) in [4.78, 5) is 22.7. The second-order valence-corrected chi connectivity index (χ2v) is 5.80. The average molecular weight is 330 g/mol. The van der Waals surface area contributed by atoms with Gasteiger partial charge in [-0.05, 0) is 31.0 Å². The molecule has 1 aromatic carbocycles. The van der Waals surface area contributed by atoms with Gasteiger partial charge >= 0.3 is 5.97 Å². The molecule has 4 nitrogen and oxygen atoms in total. The maximum absolute atomic E-state index is 11.6. The number of ether oxygens (including phenoxy) is 1. The predicted molar refractivity (Wildman–Crippen MR) is 86.5 cm³/mol. The normalized spacial score (nSPS) is 10.2. The van der Waals surface area contributed by atoms with Gasteiger partial charge in [0.15, 0.2) is 0 Å². The zero-order chi connectivity index (χ0) is 15.5. The molecule has 1 aromatic rings. The minimum atomic E-state index is -0.220. The van der Waals surface area contributed by atoms with E-state index >= 15 is 0 Å². The van der Waals surface area contributed by atoms with Crippen molar-refractivity contribution in [3.63, 3.8) is 0 Å². The number of hydrogen-bond donors (Lipinski definition) is 1. The Hall–Kier alpha value is -1.20. The predicted octanol–water partition coefficient (Wildman–Crippen LogP) is 3.03. The van der Waals surface area contributed by atoms with E-state index in [1.807, 2.05) is 24.3 Å². The Bertz CT molecular complexity index is 468. The van der Waals surface area contributed by atoms with E-state index in [1.165, 1.54) is 11.8 Å². The number of nitrogens with one attached hydrogen (secondary N) is 1. The Kier molecular flexibility index (Phi) is 8.94. The second kappa shape index (κ2) is 10.5. The van der Waals surface area contributed by atoms with Crippen molar-refractivity contribution in [2.75, 3.05) is 18.9 Å². The molecule has 1 amide bonds. The molecule has 0 aliphatic heterocycles. The summed E-state index contributed by atoms with van der Waals surface area (Å²) in [6, 6.07) is 7.60. The van der Waals surface area contributed by atoms with Gasteiger partial charge in [0.05, 0.1) is 12.4 Å². The smallest absolute Gasteiger partial charge is 0.305 e. The van der Waals surface area contributed by atoms with E-state index in [-0.39, 0.29) is 11.9 Å². The van der Waals surface area contributed by atoms with E-state index in [0.29, 0.717) is 36.8 Å². The van der Waals surface area contributed by atoms with Crippen molar-refractivity contribution in [2.45, 2.75) is 25.5 Å². The molecule has 0 saturated heterocycles. The third kappa shape index (κ3) is 8.63. The molecule has 0 saturated carbocycles. The van der Waals surface area contributed by atoms with Crippen molar-refractivity contribution in [1.82, 2.24) is 5.32 Å². The lowest BCUT2D eigenvalue weighted by molar-refractivity contribution is -0.143. The van der Waals surface area contributed by atoms with Crippen LogP contribution in [-0.2, 0) is 20.1 Å². The van der Waals surface area contributed by atoms with Crippen molar-refractivity contribution in [3.8, 4) is 0 Å². The molecule has 1 rings (SSSR count). The maximum atomic E-state index is 11.6. The maximum Gasteiger partial charge on any atom is 0.305 e. The van der Waals surface area contributed by atoms with E-state index in [1.54, 1.807) is 6.92 Å². The molecular formula is C15H20ClNO3S. The first kappa shape index (κ1) is 17.9. The van der Waals surface area contributed by atoms with Crippen molar-refractivity contribution >= 4 is 35.2 Å². The van der Waals surface area contributed by atoms with Crippen LogP contribution < -0.4 is 5.32 Å². The molecule has 1 N–H and O–H groups in total. The van der Waals surface area contributed by atoms with Crippen molar-refractivity contribution in [1.29, 1.82) is 0 Å². The molecule has 0 aromatic heterocycles. The largest absolute Gasteiger partial charge is 0.466 e. The molecule has 21 heavy (non-hydrogen) atoms. The molecule has 0 fully saturated rings. The lowest BCUT2D eigenvalue weighted by Crippen LogP contribution is -2.26. The third-order valence-corrected chi connectivity index (χ3v) is 3.81. The summed E-state index contributed by atoms with van der Waals surface area (Å²) in [5.74, 6) is 0.899. The highest BCUT2D eigenvalue weighted by atomic mass is 35.5. The molecule has 0 aliphatic rings. The molecule has 0 bridgehead atoms. The summed E-state index contributed by atoms with van der Waals surface area (Å²) in [6.07, 6.45) is 0.938. The van der Waals surface area contributed by atoms with Gasteiger partial charge in [-0.15, -0.1) is 11.8 Å². The first-order valence-corrected chi connectivity index (χ1v) is 8.39. The van der Waals surface area contributed by atoms with Crippen molar-refractivity contribution in [3.05, 3.63) is 34.9 Å². The van der Waals surface area contributed by atoms with Crippen LogP contribution in [0.15, 0.2) is 24.3 Å². The Labute approximate surface area is 134 Å². The molecule has 0 radical (unpaired) electrons. The molecule has 6 heteroatoms.